The van der Waals surface area contributed by atoms with Crippen LogP contribution in [-0.2, 0) is 24.3 Å². The number of aryl methyl sites for hydroxylation is 1. The number of aromatic nitrogens is 3. The summed E-state index contributed by atoms with van der Waals surface area (Å²) in [5, 5.41) is 3.75. The maximum Gasteiger partial charge on any atom is 0.278 e. The Hall–Kier alpha value is -3.41. The molecule has 2 heterocycles. The third-order valence-corrected chi connectivity index (χ3v) is 4.71. The molecule has 0 aliphatic carbocycles. The molecule has 0 spiro atoms. The van der Waals surface area contributed by atoms with Crippen molar-refractivity contribution in [3.05, 3.63) is 76.3 Å². The van der Waals surface area contributed by atoms with Crippen LogP contribution in [0.15, 0.2) is 59.7 Å². The van der Waals surface area contributed by atoms with E-state index in [0.717, 1.165) is 22.9 Å². The number of amides is 1. The summed E-state index contributed by atoms with van der Waals surface area (Å²) in [5.41, 5.74) is 3.94. The van der Waals surface area contributed by atoms with E-state index in [-0.39, 0.29) is 18.0 Å². The fourth-order valence-electron chi connectivity index (χ4n) is 3.16. The second-order valence-electron chi connectivity index (χ2n) is 6.52. The Morgan fingerprint density at radius 1 is 1.11 bits per heavy atom. The molecule has 2 aromatic heterocycles. The van der Waals surface area contributed by atoms with Gasteiger partial charge < -0.3 is 10.3 Å². The number of nitrogens with one attached hydrogen (secondary N) is 2. The largest absolute Gasteiger partial charge is 0.350 e. The number of aromatic amines is 1. The van der Waals surface area contributed by atoms with E-state index in [2.05, 4.69) is 34.3 Å². The Morgan fingerprint density at radius 3 is 2.63 bits per heavy atom. The first-order chi connectivity index (χ1) is 13.2. The average molecular weight is 360 g/mol. The third kappa shape index (κ3) is 3.33. The van der Waals surface area contributed by atoms with Crippen molar-refractivity contribution in [2.75, 3.05) is 0 Å². The molecule has 27 heavy (non-hydrogen) atoms. The van der Waals surface area contributed by atoms with Crippen LogP contribution in [0.25, 0.3) is 21.9 Å². The molecule has 0 saturated carbocycles. The van der Waals surface area contributed by atoms with E-state index in [1.165, 1.54) is 16.5 Å². The standard InChI is InChI=1S/C21H20N4O2/c1-2-14-7-9-15(10-8-14)11-22-18(26)12-25-13-23-19-16-5-3-4-6-17(16)24-20(19)21(25)27/h3-10,13,24H,2,11-12H2,1H3,(H,22,26). The number of hydrogen-bond acceptors (Lipinski definition) is 3. The second kappa shape index (κ2) is 7.07. The molecule has 4 aromatic rings. The lowest BCUT2D eigenvalue weighted by Crippen LogP contribution is -2.32. The molecule has 0 fully saturated rings. The molecule has 2 N–H and O–H groups in total. The van der Waals surface area contributed by atoms with Crippen molar-refractivity contribution in [2.45, 2.75) is 26.4 Å². The Balaban J connectivity index is 1.50. The van der Waals surface area contributed by atoms with Crippen molar-refractivity contribution in [1.82, 2.24) is 19.9 Å². The zero-order valence-corrected chi connectivity index (χ0v) is 15.0. The van der Waals surface area contributed by atoms with Gasteiger partial charge in [0.2, 0.25) is 5.91 Å². The monoisotopic (exact) mass is 360 g/mol. The zero-order valence-electron chi connectivity index (χ0n) is 15.0. The third-order valence-electron chi connectivity index (χ3n) is 4.71. The second-order valence-corrected chi connectivity index (χ2v) is 6.52. The number of benzene rings is 2. The van der Waals surface area contributed by atoms with Crippen molar-refractivity contribution in [3.63, 3.8) is 0 Å². The molecular formula is C21H20N4O2. The van der Waals surface area contributed by atoms with Gasteiger partial charge in [0.25, 0.3) is 5.56 Å². The van der Waals surface area contributed by atoms with Crippen LogP contribution in [0.5, 0.6) is 0 Å². The molecule has 0 saturated heterocycles. The Labute approximate surface area is 155 Å². The lowest BCUT2D eigenvalue weighted by atomic mass is 10.1. The van der Waals surface area contributed by atoms with Gasteiger partial charge in [0.15, 0.2) is 0 Å². The lowest BCUT2D eigenvalue weighted by Gasteiger charge is -2.08. The molecule has 4 rings (SSSR count). The Kier molecular flexibility index (Phi) is 4.46. The summed E-state index contributed by atoms with van der Waals surface area (Å²) in [6, 6.07) is 15.7. The van der Waals surface area contributed by atoms with Crippen molar-refractivity contribution in [3.8, 4) is 0 Å². The quantitative estimate of drug-likeness (QED) is 0.574. The van der Waals surface area contributed by atoms with Gasteiger partial charge in [-0.3, -0.25) is 14.2 Å². The van der Waals surface area contributed by atoms with Crippen molar-refractivity contribution in [1.29, 1.82) is 0 Å². The van der Waals surface area contributed by atoms with Crippen LogP contribution in [0.1, 0.15) is 18.1 Å². The molecule has 2 aromatic carbocycles. The van der Waals surface area contributed by atoms with Crippen LogP contribution in [0.2, 0.25) is 0 Å². The smallest absolute Gasteiger partial charge is 0.278 e. The van der Waals surface area contributed by atoms with Crippen LogP contribution in [0.3, 0.4) is 0 Å². The number of carbonyl (C=O) groups excluding carboxylic acids is 1. The lowest BCUT2D eigenvalue weighted by molar-refractivity contribution is -0.121. The Morgan fingerprint density at radius 2 is 1.85 bits per heavy atom. The first kappa shape index (κ1) is 17.0. The fraction of sp³-hybridized carbons (Fsp3) is 0.190. The summed E-state index contributed by atoms with van der Waals surface area (Å²) < 4.78 is 1.33. The molecule has 0 bridgehead atoms. The van der Waals surface area contributed by atoms with E-state index in [4.69, 9.17) is 0 Å². The molecule has 6 nitrogen and oxygen atoms in total. The molecule has 0 aliphatic heterocycles. The summed E-state index contributed by atoms with van der Waals surface area (Å²) in [5.74, 6) is -0.228. The highest BCUT2D eigenvalue weighted by Gasteiger charge is 2.12. The van der Waals surface area contributed by atoms with Gasteiger partial charge in [0, 0.05) is 17.4 Å². The topological polar surface area (TPSA) is 79.8 Å². The molecule has 136 valence electrons. The number of rotatable bonds is 5. The predicted molar refractivity (Wildman–Crippen MR) is 106 cm³/mol. The molecule has 6 heteroatoms. The fourth-order valence-corrected chi connectivity index (χ4v) is 3.16. The molecule has 0 unspecified atom stereocenters. The summed E-state index contributed by atoms with van der Waals surface area (Å²) in [7, 11) is 0. The van der Waals surface area contributed by atoms with E-state index >= 15 is 0 Å². The maximum atomic E-state index is 12.7. The van der Waals surface area contributed by atoms with Gasteiger partial charge >= 0.3 is 0 Å². The van der Waals surface area contributed by atoms with Gasteiger partial charge in [-0.05, 0) is 23.6 Å². The highest BCUT2D eigenvalue weighted by molar-refractivity contribution is 6.04. The number of hydrogen-bond donors (Lipinski definition) is 2. The van der Waals surface area contributed by atoms with E-state index in [1.807, 2.05) is 36.4 Å². The van der Waals surface area contributed by atoms with E-state index in [0.29, 0.717) is 17.6 Å². The highest BCUT2D eigenvalue weighted by atomic mass is 16.2. The summed E-state index contributed by atoms with van der Waals surface area (Å²) in [4.78, 5) is 32.4. The first-order valence-electron chi connectivity index (χ1n) is 8.96. The van der Waals surface area contributed by atoms with Crippen LogP contribution in [0, 0.1) is 0 Å². The van der Waals surface area contributed by atoms with Gasteiger partial charge in [-0.15, -0.1) is 0 Å². The van der Waals surface area contributed by atoms with Gasteiger partial charge in [0.1, 0.15) is 17.6 Å². The normalized spacial score (nSPS) is 11.1. The van der Waals surface area contributed by atoms with E-state index in [1.54, 1.807) is 0 Å². The summed E-state index contributed by atoms with van der Waals surface area (Å²) in [6.45, 7) is 2.47. The number of para-hydroxylation sites is 1. The van der Waals surface area contributed by atoms with Crippen molar-refractivity contribution >= 4 is 27.8 Å². The minimum atomic E-state index is -0.251. The molecule has 1 amide bonds. The van der Waals surface area contributed by atoms with Crippen LogP contribution >= 0.6 is 0 Å². The molecule has 0 radical (unpaired) electrons. The average Bonchev–Trinajstić information content (AvgIpc) is 3.08. The molecule has 0 aliphatic rings. The van der Waals surface area contributed by atoms with Gasteiger partial charge in [-0.2, -0.15) is 0 Å². The van der Waals surface area contributed by atoms with Gasteiger partial charge in [-0.1, -0.05) is 49.4 Å². The zero-order chi connectivity index (χ0) is 18.8. The van der Waals surface area contributed by atoms with Crippen molar-refractivity contribution < 1.29 is 4.79 Å². The number of nitrogens with zero attached hydrogens (tertiary/aromatic N) is 2. The van der Waals surface area contributed by atoms with Crippen LogP contribution < -0.4 is 10.9 Å². The van der Waals surface area contributed by atoms with Crippen LogP contribution in [0.4, 0.5) is 0 Å². The van der Waals surface area contributed by atoms with Gasteiger partial charge in [0.05, 0.1) is 6.33 Å². The number of carbonyl (C=O) groups is 1. The molecular weight excluding hydrogens is 340 g/mol. The predicted octanol–water partition coefficient (Wildman–Crippen LogP) is 2.76. The maximum absolute atomic E-state index is 12.7. The van der Waals surface area contributed by atoms with Gasteiger partial charge in [-0.25, -0.2) is 4.98 Å². The number of fused-ring (bicyclic) bond motifs is 3. The highest BCUT2D eigenvalue weighted by Crippen LogP contribution is 2.20. The first-order valence-corrected chi connectivity index (χ1v) is 8.96. The van der Waals surface area contributed by atoms with E-state index in [9.17, 15) is 9.59 Å². The number of H-pyrrole nitrogens is 1. The minimum absolute atomic E-state index is 0.0653. The summed E-state index contributed by atoms with van der Waals surface area (Å²) >= 11 is 0. The Bertz CT molecular complexity index is 1170. The van der Waals surface area contributed by atoms with Crippen LogP contribution in [-0.4, -0.2) is 20.4 Å². The molecule has 0 atom stereocenters. The minimum Gasteiger partial charge on any atom is -0.350 e. The summed E-state index contributed by atoms with van der Waals surface area (Å²) in [6.07, 6.45) is 2.42. The SMILES string of the molecule is CCc1ccc(CNC(=O)Cn2cnc3c([nH]c4ccccc43)c2=O)cc1. The van der Waals surface area contributed by atoms with E-state index < -0.39 is 0 Å². The van der Waals surface area contributed by atoms with Crippen molar-refractivity contribution in [2.24, 2.45) is 0 Å².